The summed E-state index contributed by atoms with van der Waals surface area (Å²) in [4.78, 5) is 9.79. The van der Waals surface area contributed by atoms with Gasteiger partial charge in [-0.05, 0) is 39.8 Å². The molecule has 5 nitrogen and oxygen atoms in total. The maximum atomic E-state index is 5.88. The predicted molar refractivity (Wildman–Crippen MR) is 83.2 cm³/mol. The lowest BCUT2D eigenvalue weighted by atomic mass is 10.2. The molecule has 0 unspecified atom stereocenters. The molecule has 2 heterocycles. The molecular formula is C14H20N4OS. The summed E-state index contributed by atoms with van der Waals surface area (Å²) in [5, 5.41) is 4.31. The zero-order valence-corrected chi connectivity index (χ0v) is 13.0. The van der Waals surface area contributed by atoms with Gasteiger partial charge < -0.3 is 15.8 Å². The largest absolute Gasteiger partial charge is 0.470 e. The fraction of sp³-hybridized carbons (Fsp3) is 0.429. The summed E-state index contributed by atoms with van der Waals surface area (Å²) in [5.74, 6) is 1.20. The summed E-state index contributed by atoms with van der Waals surface area (Å²) in [5.41, 5.74) is 6.10. The van der Waals surface area contributed by atoms with Crippen LogP contribution in [-0.2, 0) is 6.54 Å². The average Bonchev–Trinajstić information content (AvgIpc) is 2.74. The smallest absolute Gasteiger partial charge is 0.239 e. The zero-order chi connectivity index (χ0) is 14.8. The van der Waals surface area contributed by atoms with E-state index in [1.54, 1.807) is 17.4 Å². The Labute approximate surface area is 123 Å². The number of anilines is 2. The predicted octanol–water partition coefficient (Wildman–Crippen LogP) is 3.22. The van der Waals surface area contributed by atoms with Gasteiger partial charge >= 0.3 is 0 Å². The molecule has 3 N–H and O–H groups in total. The SMILES string of the molecule is Cc1ncc(CNc2ccc(N)c(OC(C)(C)C)n2)s1. The van der Waals surface area contributed by atoms with Crippen molar-refractivity contribution in [3.05, 3.63) is 28.2 Å². The molecule has 0 saturated heterocycles. The Morgan fingerprint density at radius 2 is 2.10 bits per heavy atom. The summed E-state index contributed by atoms with van der Waals surface area (Å²) in [7, 11) is 0. The number of nitrogens with two attached hydrogens (primary N) is 1. The van der Waals surface area contributed by atoms with Crippen LogP contribution in [-0.4, -0.2) is 15.6 Å². The number of nitrogens with one attached hydrogen (secondary N) is 1. The molecule has 2 aromatic heterocycles. The third-order valence-corrected chi connectivity index (χ3v) is 3.32. The number of nitrogen functional groups attached to an aromatic ring is 1. The van der Waals surface area contributed by atoms with Crippen LogP contribution in [0.3, 0.4) is 0 Å². The van der Waals surface area contributed by atoms with Crippen LogP contribution in [0.4, 0.5) is 11.5 Å². The van der Waals surface area contributed by atoms with Gasteiger partial charge in [-0.15, -0.1) is 11.3 Å². The Morgan fingerprint density at radius 3 is 2.70 bits per heavy atom. The van der Waals surface area contributed by atoms with Gasteiger partial charge in [0.05, 0.1) is 17.2 Å². The molecule has 2 rings (SSSR count). The van der Waals surface area contributed by atoms with Crippen LogP contribution in [0.1, 0.15) is 30.7 Å². The van der Waals surface area contributed by atoms with Crippen LogP contribution in [0.2, 0.25) is 0 Å². The molecule has 0 bridgehead atoms. The minimum atomic E-state index is -0.325. The number of hydrogen-bond acceptors (Lipinski definition) is 6. The minimum Gasteiger partial charge on any atom is -0.470 e. The molecular weight excluding hydrogens is 272 g/mol. The second-order valence-corrected chi connectivity index (χ2v) is 6.82. The van der Waals surface area contributed by atoms with Crippen molar-refractivity contribution >= 4 is 22.8 Å². The van der Waals surface area contributed by atoms with Crippen molar-refractivity contribution in [3.8, 4) is 5.88 Å². The first-order chi connectivity index (χ1) is 9.33. The van der Waals surface area contributed by atoms with Crippen molar-refractivity contribution in [1.82, 2.24) is 9.97 Å². The van der Waals surface area contributed by atoms with E-state index in [-0.39, 0.29) is 5.60 Å². The van der Waals surface area contributed by atoms with Crippen LogP contribution < -0.4 is 15.8 Å². The van der Waals surface area contributed by atoms with Crippen molar-refractivity contribution < 1.29 is 4.74 Å². The number of hydrogen-bond donors (Lipinski definition) is 2. The van der Waals surface area contributed by atoms with Crippen LogP contribution in [0, 0.1) is 6.92 Å². The minimum absolute atomic E-state index is 0.325. The van der Waals surface area contributed by atoms with Crippen LogP contribution in [0.5, 0.6) is 5.88 Å². The molecule has 0 aromatic carbocycles. The van der Waals surface area contributed by atoms with E-state index in [9.17, 15) is 0 Å². The lowest BCUT2D eigenvalue weighted by molar-refractivity contribution is 0.125. The molecule has 0 fully saturated rings. The second kappa shape index (κ2) is 5.66. The van der Waals surface area contributed by atoms with Crippen molar-refractivity contribution in [2.45, 2.75) is 39.8 Å². The molecule has 0 atom stereocenters. The van der Waals surface area contributed by atoms with E-state index in [0.29, 0.717) is 18.1 Å². The van der Waals surface area contributed by atoms with Crippen LogP contribution in [0.15, 0.2) is 18.3 Å². The summed E-state index contributed by atoms with van der Waals surface area (Å²) in [6.45, 7) is 8.58. The zero-order valence-electron chi connectivity index (χ0n) is 12.2. The van der Waals surface area contributed by atoms with Gasteiger partial charge in [0.1, 0.15) is 11.4 Å². The van der Waals surface area contributed by atoms with Gasteiger partial charge in [-0.3, -0.25) is 0 Å². The van der Waals surface area contributed by atoms with E-state index in [4.69, 9.17) is 10.5 Å². The molecule has 108 valence electrons. The summed E-state index contributed by atoms with van der Waals surface area (Å²) < 4.78 is 5.74. The monoisotopic (exact) mass is 292 g/mol. The molecule has 0 radical (unpaired) electrons. The van der Waals surface area contributed by atoms with E-state index >= 15 is 0 Å². The molecule has 20 heavy (non-hydrogen) atoms. The number of ether oxygens (including phenoxy) is 1. The molecule has 0 amide bonds. The summed E-state index contributed by atoms with van der Waals surface area (Å²) in [6.07, 6.45) is 1.87. The molecule has 2 aromatic rings. The number of aromatic nitrogens is 2. The topological polar surface area (TPSA) is 73.1 Å². The summed E-state index contributed by atoms with van der Waals surface area (Å²) in [6, 6.07) is 3.65. The highest BCUT2D eigenvalue weighted by molar-refractivity contribution is 7.11. The lowest BCUT2D eigenvalue weighted by Gasteiger charge is -2.21. The van der Waals surface area contributed by atoms with Gasteiger partial charge in [0.2, 0.25) is 5.88 Å². The van der Waals surface area contributed by atoms with Gasteiger partial charge in [-0.25, -0.2) is 4.98 Å². The lowest BCUT2D eigenvalue weighted by Crippen LogP contribution is -2.24. The third kappa shape index (κ3) is 4.09. The van der Waals surface area contributed by atoms with Crippen molar-refractivity contribution in [2.24, 2.45) is 0 Å². The number of aryl methyl sites for hydroxylation is 1. The Hall–Kier alpha value is -1.82. The van der Waals surface area contributed by atoms with E-state index in [0.717, 1.165) is 10.8 Å². The Morgan fingerprint density at radius 1 is 1.35 bits per heavy atom. The Kier molecular flexibility index (Phi) is 4.13. The highest BCUT2D eigenvalue weighted by atomic mass is 32.1. The normalized spacial score (nSPS) is 11.4. The highest BCUT2D eigenvalue weighted by Gasteiger charge is 2.15. The van der Waals surface area contributed by atoms with E-state index in [1.807, 2.05) is 40.0 Å². The second-order valence-electron chi connectivity index (χ2n) is 5.50. The maximum absolute atomic E-state index is 5.88. The van der Waals surface area contributed by atoms with Gasteiger partial charge in [0, 0.05) is 11.1 Å². The average molecular weight is 292 g/mol. The third-order valence-electron chi connectivity index (χ3n) is 2.41. The van der Waals surface area contributed by atoms with Gasteiger partial charge in [0.25, 0.3) is 0 Å². The van der Waals surface area contributed by atoms with Gasteiger partial charge in [-0.1, -0.05) is 0 Å². The fourth-order valence-electron chi connectivity index (χ4n) is 1.59. The van der Waals surface area contributed by atoms with E-state index < -0.39 is 0 Å². The fourth-order valence-corrected chi connectivity index (χ4v) is 2.32. The first-order valence-electron chi connectivity index (χ1n) is 6.44. The Balaban J connectivity index is 2.07. The quantitative estimate of drug-likeness (QED) is 0.905. The molecule has 0 saturated carbocycles. The van der Waals surface area contributed by atoms with Crippen molar-refractivity contribution in [1.29, 1.82) is 0 Å². The molecule has 6 heteroatoms. The molecule has 0 aliphatic heterocycles. The maximum Gasteiger partial charge on any atom is 0.239 e. The van der Waals surface area contributed by atoms with Crippen molar-refractivity contribution in [2.75, 3.05) is 11.1 Å². The number of thiazole rings is 1. The molecule has 0 aliphatic carbocycles. The first kappa shape index (κ1) is 14.6. The van der Waals surface area contributed by atoms with E-state index in [1.165, 1.54) is 4.88 Å². The van der Waals surface area contributed by atoms with E-state index in [2.05, 4.69) is 15.3 Å². The van der Waals surface area contributed by atoms with Gasteiger partial charge in [-0.2, -0.15) is 4.98 Å². The number of rotatable bonds is 4. The van der Waals surface area contributed by atoms with Crippen LogP contribution >= 0.6 is 11.3 Å². The van der Waals surface area contributed by atoms with Crippen LogP contribution in [0.25, 0.3) is 0 Å². The molecule has 0 aliphatic rings. The standard InChI is InChI=1S/C14H20N4OS/c1-9-16-7-10(20-9)8-17-12-6-5-11(15)13(18-12)19-14(2,3)4/h5-7H,8,15H2,1-4H3,(H,17,18). The first-order valence-corrected chi connectivity index (χ1v) is 7.26. The number of nitrogens with zero attached hydrogens (tertiary/aromatic N) is 2. The Bertz CT molecular complexity index is 589. The van der Waals surface area contributed by atoms with Crippen molar-refractivity contribution in [3.63, 3.8) is 0 Å². The molecule has 0 spiro atoms. The highest BCUT2D eigenvalue weighted by Crippen LogP contribution is 2.25. The van der Waals surface area contributed by atoms with Gasteiger partial charge in [0.15, 0.2) is 0 Å². The summed E-state index contributed by atoms with van der Waals surface area (Å²) >= 11 is 1.67. The number of pyridine rings is 1.